The van der Waals surface area contributed by atoms with Gasteiger partial charge in [-0.25, -0.2) is 0 Å². The van der Waals surface area contributed by atoms with Crippen LogP contribution in [0.3, 0.4) is 0 Å². The van der Waals surface area contributed by atoms with E-state index >= 15 is 0 Å². The SMILES string of the molecule is NC(=O)c1oc2ccccc2c1NC(=O)C1C2CC2C2CC21. The molecule has 3 fully saturated rings. The van der Waals surface area contributed by atoms with Gasteiger partial charge in [-0.2, -0.15) is 0 Å². The Hall–Kier alpha value is -2.30. The number of furan rings is 1. The summed E-state index contributed by atoms with van der Waals surface area (Å²) < 4.78 is 5.51. The van der Waals surface area contributed by atoms with E-state index in [0.717, 1.165) is 17.2 Å². The second-order valence-corrected chi connectivity index (χ2v) is 6.81. The van der Waals surface area contributed by atoms with Gasteiger partial charge in [0, 0.05) is 11.3 Å². The number of para-hydroxylation sites is 1. The first kappa shape index (κ1) is 12.3. The van der Waals surface area contributed by atoms with E-state index in [-0.39, 0.29) is 17.6 Å². The quantitative estimate of drug-likeness (QED) is 0.911. The zero-order valence-corrected chi connectivity index (χ0v) is 11.9. The highest BCUT2D eigenvalue weighted by Crippen LogP contribution is 2.72. The van der Waals surface area contributed by atoms with Crippen LogP contribution < -0.4 is 11.1 Å². The van der Waals surface area contributed by atoms with Gasteiger partial charge in [0.05, 0.1) is 0 Å². The minimum atomic E-state index is -0.661. The van der Waals surface area contributed by atoms with Crippen molar-refractivity contribution in [1.82, 2.24) is 0 Å². The fourth-order valence-corrected chi connectivity index (χ4v) is 4.54. The second kappa shape index (κ2) is 3.91. The minimum Gasteiger partial charge on any atom is -0.449 e. The first-order valence-corrected chi connectivity index (χ1v) is 7.77. The number of primary amides is 1. The first-order chi connectivity index (χ1) is 10.6. The van der Waals surface area contributed by atoms with Crippen molar-refractivity contribution in [3.63, 3.8) is 0 Å². The van der Waals surface area contributed by atoms with E-state index in [1.165, 1.54) is 12.8 Å². The molecule has 22 heavy (non-hydrogen) atoms. The Morgan fingerprint density at radius 1 is 1.09 bits per heavy atom. The number of hydrogen-bond donors (Lipinski definition) is 2. The van der Waals surface area contributed by atoms with Crippen molar-refractivity contribution < 1.29 is 14.0 Å². The highest BCUT2D eigenvalue weighted by Gasteiger charge is 2.69. The molecule has 1 aromatic carbocycles. The number of hydrogen-bond acceptors (Lipinski definition) is 3. The average Bonchev–Trinajstić information content (AvgIpc) is 3.39. The van der Waals surface area contributed by atoms with E-state index in [4.69, 9.17) is 10.2 Å². The number of fused-ring (bicyclic) bond motifs is 4. The summed E-state index contributed by atoms with van der Waals surface area (Å²) in [6.45, 7) is 0. The van der Waals surface area contributed by atoms with Crippen molar-refractivity contribution in [2.75, 3.05) is 5.32 Å². The normalized spacial score (nSPS) is 34.1. The van der Waals surface area contributed by atoms with Gasteiger partial charge in [-0.05, 0) is 48.6 Å². The number of benzene rings is 1. The highest BCUT2D eigenvalue weighted by molar-refractivity contribution is 6.11. The fourth-order valence-electron chi connectivity index (χ4n) is 4.54. The number of carbonyl (C=O) groups excluding carboxylic acids is 2. The van der Waals surface area contributed by atoms with Crippen molar-refractivity contribution in [2.45, 2.75) is 12.8 Å². The zero-order valence-electron chi connectivity index (χ0n) is 11.9. The second-order valence-electron chi connectivity index (χ2n) is 6.81. The Labute approximate surface area is 126 Å². The van der Waals surface area contributed by atoms with E-state index in [1.807, 2.05) is 18.2 Å². The van der Waals surface area contributed by atoms with Crippen LogP contribution in [-0.2, 0) is 4.79 Å². The smallest absolute Gasteiger partial charge is 0.286 e. The molecule has 0 radical (unpaired) electrons. The minimum absolute atomic E-state index is 0.0200. The molecule has 0 spiro atoms. The maximum Gasteiger partial charge on any atom is 0.286 e. The molecule has 0 bridgehead atoms. The molecule has 0 aliphatic heterocycles. The summed E-state index contributed by atoms with van der Waals surface area (Å²) in [6.07, 6.45) is 2.38. The Balaban J connectivity index is 1.52. The summed E-state index contributed by atoms with van der Waals surface area (Å²) in [7, 11) is 0. The number of nitrogens with two attached hydrogens (primary N) is 1. The van der Waals surface area contributed by atoms with Gasteiger partial charge in [-0.3, -0.25) is 9.59 Å². The molecule has 5 rings (SSSR count). The van der Waals surface area contributed by atoms with Gasteiger partial charge in [0.25, 0.3) is 5.91 Å². The summed E-state index contributed by atoms with van der Waals surface area (Å²) in [6, 6.07) is 7.26. The van der Waals surface area contributed by atoms with E-state index in [0.29, 0.717) is 23.1 Å². The maximum absolute atomic E-state index is 12.7. The Morgan fingerprint density at radius 3 is 2.45 bits per heavy atom. The molecule has 4 unspecified atom stereocenters. The molecule has 3 aliphatic carbocycles. The number of rotatable bonds is 3. The predicted octanol–water partition coefficient (Wildman–Crippen LogP) is 2.37. The van der Waals surface area contributed by atoms with Crippen molar-refractivity contribution in [2.24, 2.45) is 35.3 Å². The lowest BCUT2D eigenvalue weighted by Crippen LogP contribution is -2.26. The van der Waals surface area contributed by atoms with Crippen molar-refractivity contribution in [3.05, 3.63) is 30.0 Å². The van der Waals surface area contributed by atoms with Gasteiger partial charge < -0.3 is 15.5 Å². The Morgan fingerprint density at radius 2 is 1.77 bits per heavy atom. The molecular formula is C17H16N2O3. The van der Waals surface area contributed by atoms with Crippen LogP contribution >= 0.6 is 0 Å². The molecule has 2 amide bonds. The van der Waals surface area contributed by atoms with Gasteiger partial charge in [0.1, 0.15) is 11.3 Å². The summed E-state index contributed by atoms with van der Waals surface area (Å²) in [4.78, 5) is 24.3. The van der Waals surface area contributed by atoms with Crippen molar-refractivity contribution in [3.8, 4) is 0 Å². The number of anilines is 1. The molecule has 1 heterocycles. The van der Waals surface area contributed by atoms with Crippen LogP contribution in [0.4, 0.5) is 5.69 Å². The molecule has 3 aliphatic rings. The molecule has 5 nitrogen and oxygen atoms in total. The average molecular weight is 296 g/mol. The number of amides is 2. The molecule has 112 valence electrons. The molecule has 3 N–H and O–H groups in total. The number of carbonyl (C=O) groups is 2. The van der Waals surface area contributed by atoms with E-state index < -0.39 is 5.91 Å². The van der Waals surface area contributed by atoms with Gasteiger partial charge in [0.15, 0.2) is 0 Å². The molecule has 4 atom stereocenters. The van der Waals surface area contributed by atoms with Gasteiger partial charge >= 0.3 is 0 Å². The lowest BCUT2D eigenvalue weighted by molar-refractivity contribution is -0.120. The monoisotopic (exact) mass is 296 g/mol. The van der Waals surface area contributed by atoms with E-state index in [9.17, 15) is 9.59 Å². The van der Waals surface area contributed by atoms with Crippen LogP contribution in [-0.4, -0.2) is 11.8 Å². The third-order valence-electron chi connectivity index (χ3n) is 5.62. The van der Waals surface area contributed by atoms with Crippen LogP contribution in [0.25, 0.3) is 11.0 Å². The molecule has 0 saturated heterocycles. The fraction of sp³-hybridized carbons (Fsp3) is 0.412. The van der Waals surface area contributed by atoms with Crippen LogP contribution in [0.1, 0.15) is 23.4 Å². The summed E-state index contributed by atoms with van der Waals surface area (Å²) in [5, 5.41) is 3.66. The zero-order chi connectivity index (χ0) is 15.0. The Kier molecular flexibility index (Phi) is 2.18. The molecular weight excluding hydrogens is 280 g/mol. The topological polar surface area (TPSA) is 85.3 Å². The van der Waals surface area contributed by atoms with Crippen LogP contribution in [0.5, 0.6) is 0 Å². The maximum atomic E-state index is 12.7. The third kappa shape index (κ3) is 1.54. The largest absolute Gasteiger partial charge is 0.449 e. The van der Waals surface area contributed by atoms with E-state index in [1.54, 1.807) is 6.07 Å². The summed E-state index contributed by atoms with van der Waals surface area (Å²) >= 11 is 0. The van der Waals surface area contributed by atoms with Gasteiger partial charge in [-0.1, -0.05) is 12.1 Å². The lowest BCUT2D eigenvalue weighted by atomic mass is 9.99. The van der Waals surface area contributed by atoms with Gasteiger partial charge in [-0.15, -0.1) is 0 Å². The molecule has 1 aromatic heterocycles. The molecule has 3 saturated carbocycles. The van der Waals surface area contributed by atoms with Gasteiger partial charge in [0.2, 0.25) is 11.7 Å². The van der Waals surface area contributed by atoms with Crippen LogP contribution in [0, 0.1) is 29.6 Å². The van der Waals surface area contributed by atoms with E-state index in [2.05, 4.69) is 5.32 Å². The van der Waals surface area contributed by atoms with Crippen molar-refractivity contribution >= 4 is 28.5 Å². The Bertz CT molecular complexity index is 808. The third-order valence-corrected chi connectivity index (χ3v) is 5.62. The highest BCUT2D eigenvalue weighted by atomic mass is 16.3. The molecule has 5 heteroatoms. The summed E-state index contributed by atoms with van der Waals surface area (Å²) in [5.41, 5.74) is 6.38. The standard InChI is InChI=1S/C17H16N2O3/c18-16(20)15-14(7-3-1-2-4-12(7)22-15)19-17(21)13-10-5-8(10)9-6-11(9)13/h1-4,8-11,13H,5-6H2,(H2,18,20)(H,19,21). The van der Waals surface area contributed by atoms with Crippen LogP contribution in [0.2, 0.25) is 0 Å². The predicted molar refractivity (Wildman–Crippen MR) is 80.0 cm³/mol. The van der Waals surface area contributed by atoms with Crippen LogP contribution in [0.15, 0.2) is 28.7 Å². The lowest BCUT2D eigenvalue weighted by Gasteiger charge is -2.13. The summed E-state index contributed by atoms with van der Waals surface area (Å²) in [5.74, 6) is 2.16. The number of nitrogens with one attached hydrogen (secondary N) is 1. The van der Waals surface area contributed by atoms with Crippen molar-refractivity contribution in [1.29, 1.82) is 0 Å². The molecule has 2 aromatic rings. The first-order valence-electron chi connectivity index (χ1n) is 7.77.